The van der Waals surface area contributed by atoms with Gasteiger partial charge in [-0.05, 0) is 81.1 Å². The van der Waals surface area contributed by atoms with E-state index in [-0.39, 0.29) is 11.9 Å². The van der Waals surface area contributed by atoms with Crippen LogP contribution in [0.2, 0.25) is 0 Å². The number of para-hydroxylation sites is 1. The summed E-state index contributed by atoms with van der Waals surface area (Å²) >= 11 is 1.63. The first-order chi connectivity index (χ1) is 17.5. The van der Waals surface area contributed by atoms with E-state index in [0.717, 1.165) is 40.5 Å². The number of carbonyl (C=O) groups excluding carboxylic acids is 1. The highest BCUT2D eigenvalue weighted by Gasteiger charge is 2.36. The summed E-state index contributed by atoms with van der Waals surface area (Å²) in [6, 6.07) is 19.6. The summed E-state index contributed by atoms with van der Waals surface area (Å²) in [6.07, 6.45) is 0. The molecule has 4 aromatic rings. The number of anilines is 3. The highest BCUT2D eigenvalue weighted by atomic mass is 32.1. The predicted octanol–water partition coefficient (Wildman–Crippen LogP) is 6.09. The number of carbonyl (C=O) groups is 1. The third-order valence-electron chi connectivity index (χ3n) is 6.53. The normalized spacial score (nSPS) is 14.8. The number of aromatic nitrogens is 3. The smallest absolute Gasteiger partial charge is 0.255 e. The van der Waals surface area contributed by atoms with Gasteiger partial charge in [-0.2, -0.15) is 4.98 Å². The minimum atomic E-state index is -0.374. The van der Waals surface area contributed by atoms with Gasteiger partial charge in [-0.3, -0.25) is 4.79 Å². The molecule has 0 saturated heterocycles. The lowest BCUT2D eigenvalue weighted by atomic mass is 9.99. The first-order valence-corrected chi connectivity index (χ1v) is 13.1. The van der Waals surface area contributed by atoms with Gasteiger partial charge < -0.3 is 15.5 Å². The Hall–Kier alpha value is -3.91. The second kappa shape index (κ2) is 9.99. The van der Waals surface area contributed by atoms with Gasteiger partial charge in [0.2, 0.25) is 5.95 Å². The van der Waals surface area contributed by atoms with Crippen LogP contribution < -0.4 is 15.5 Å². The van der Waals surface area contributed by atoms with Crippen LogP contribution in [0.5, 0.6) is 0 Å². The highest BCUT2D eigenvalue weighted by molar-refractivity contribution is 7.10. The van der Waals surface area contributed by atoms with E-state index >= 15 is 0 Å². The topological polar surface area (TPSA) is 75.1 Å². The summed E-state index contributed by atoms with van der Waals surface area (Å²) in [5.41, 5.74) is 5.38. The number of hydrogen-bond donors (Lipinski definition) is 2. The van der Waals surface area contributed by atoms with Crippen LogP contribution in [-0.4, -0.2) is 33.8 Å². The van der Waals surface area contributed by atoms with Gasteiger partial charge in [0, 0.05) is 40.6 Å². The van der Waals surface area contributed by atoms with E-state index in [1.54, 1.807) is 11.3 Å². The maximum absolute atomic E-state index is 13.6. The van der Waals surface area contributed by atoms with Crippen LogP contribution in [0.3, 0.4) is 0 Å². The van der Waals surface area contributed by atoms with Crippen molar-refractivity contribution in [1.82, 2.24) is 14.8 Å². The number of allylic oxidation sites excluding steroid dienone is 1. The lowest BCUT2D eigenvalue weighted by Gasteiger charge is -2.28. The molecular formula is C28H30N6OS. The highest BCUT2D eigenvalue weighted by Crippen LogP contribution is 2.40. The first-order valence-electron chi connectivity index (χ1n) is 12.2. The fraction of sp³-hybridized carbons (Fsp3) is 0.250. The quantitative estimate of drug-likeness (QED) is 0.323. The van der Waals surface area contributed by atoms with Crippen molar-refractivity contribution in [3.05, 3.63) is 87.8 Å². The van der Waals surface area contributed by atoms with E-state index in [9.17, 15) is 4.79 Å². The molecule has 1 aliphatic heterocycles. The number of amides is 1. The van der Waals surface area contributed by atoms with Gasteiger partial charge in [0.1, 0.15) is 6.04 Å². The van der Waals surface area contributed by atoms with Crippen LogP contribution in [-0.2, 0) is 4.79 Å². The molecule has 2 aromatic carbocycles. The monoisotopic (exact) mass is 498 g/mol. The Morgan fingerprint density at radius 2 is 1.78 bits per heavy atom. The van der Waals surface area contributed by atoms with Crippen LogP contribution >= 0.6 is 11.3 Å². The number of thiophene rings is 1. The van der Waals surface area contributed by atoms with Crippen molar-refractivity contribution in [2.45, 2.75) is 33.7 Å². The van der Waals surface area contributed by atoms with E-state index in [1.165, 1.54) is 5.69 Å². The van der Waals surface area contributed by atoms with Crippen molar-refractivity contribution in [1.29, 1.82) is 0 Å². The fourth-order valence-corrected chi connectivity index (χ4v) is 5.62. The molecule has 0 radical (unpaired) electrons. The van der Waals surface area contributed by atoms with Crippen LogP contribution in [0.15, 0.2) is 77.3 Å². The molecule has 36 heavy (non-hydrogen) atoms. The molecule has 1 amide bonds. The molecule has 184 valence electrons. The Bertz CT molecular complexity index is 1400. The number of fused-ring (bicyclic) bond motifs is 1. The molecule has 5 rings (SSSR count). The lowest BCUT2D eigenvalue weighted by molar-refractivity contribution is -0.113. The molecule has 2 aromatic heterocycles. The second-order valence-electron chi connectivity index (χ2n) is 8.78. The molecule has 0 spiro atoms. The maximum Gasteiger partial charge on any atom is 0.255 e. The summed E-state index contributed by atoms with van der Waals surface area (Å²) in [5, 5.41) is 13.3. The largest absolute Gasteiger partial charge is 0.372 e. The number of hydrogen-bond acceptors (Lipinski definition) is 6. The molecule has 0 saturated carbocycles. The molecule has 7 nitrogen and oxygen atoms in total. The number of nitrogens with zero attached hydrogens (tertiary/aromatic N) is 4. The zero-order valence-electron chi connectivity index (χ0n) is 20.9. The van der Waals surface area contributed by atoms with Crippen molar-refractivity contribution >= 4 is 34.6 Å². The van der Waals surface area contributed by atoms with Crippen molar-refractivity contribution < 1.29 is 4.79 Å². The Balaban J connectivity index is 1.54. The Morgan fingerprint density at radius 3 is 2.42 bits per heavy atom. The van der Waals surface area contributed by atoms with E-state index < -0.39 is 0 Å². The molecule has 0 fully saturated rings. The molecule has 0 aliphatic carbocycles. The number of rotatable bonds is 7. The number of aryl methyl sites for hydroxylation is 1. The van der Waals surface area contributed by atoms with Gasteiger partial charge in [0.25, 0.3) is 5.91 Å². The van der Waals surface area contributed by atoms with Crippen LogP contribution in [0.1, 0.15) is 37.3 Å². The van der Waals surface area contributed by atoms with Gasteiger partial charge in [-0.15, -0.1) is 16.4 Å². The zero-order valence-corrected chi connectivity index (χ0v) is 21.8. The fourth-order valence-electron chi connectivity index (χ4n) is 4.60. The Kier molecular flexibility index (Phi) is 6.61. The van der Waals surface area contributed by atoms with Crippen molar-refractivity contribution in [2.75, 3.05) is 28.6 Å². The van der Waals surface area contributed by atoms with Crippen molar-refractivity contribution in [3.8, 4) is 11.4 Å². The van der Waals surface area contributed by atoms with Crippen LogP contribution in [0.25, 0.3) is 11.4 Å². The zero-order chi connectivity index (χ0) is 25.2. The van der Waals surface area contributed by atoms with Crippen molar-refractivity contribution in [2.24, 2.45) is 0 Å². The third kappa shape index (κ3) is 4.40. The summed E-state index contributed by atoms with van der Waals surface area (Å²) in [5.74, 6) is 1.10. The van der Waals surface area contributed by atoms with Gasteiger partial charge in [0.05, 0.1) is 5.57 Å². The summed E-state index contributed by atoms with van der Waals surface area (Å²) in [6.45, 7) is 10.2. The lowest BCUT2D eigenvalue weighted by Crippen LogP contribution is -2.31. The number of benzene rings is 2. The van der Waals surface area contributed by atoms with Gasteiger partial charge in [-0.25, -0.2) is 4.68 Å². The van der Waals surface area contributed by atoms with Gasteiger partial charge in [-0.1, -0.05) is 18.2 Å². The van der Waals surface area contributed by atoms with Gasteiger partial charge in [0.15, 0.2) is 5.82 Å². The molecular weight excluding hydrogens is 468 g/mol. The average molecular weight is 499 g/mol. The predicted molar refractivity (Wildman–Crippen MR) is 148 cm³/mol. The van der Waals surface area contributed by atoms with E-state index in [0.29, 0.717) is 17.3 Å². The summed E-state index contributed by atoms with van der Waals surface area (Å²) in [4.78, 5) is 21.8. The maximum atomic E-state index is 13.6. The minimum absolute atomic E-state index is 0.157. The van der Waals surface area contributed by atoms with E-state index in [2.05, 4.69) is 72.0 Å². The standard InChI is InChI=1S/C28H30N6OS/c1-5-33(6-2)22-14-12-20(13-15-22)26-31-28-29-19(4)23(27(35)30-21-10-8-7-9-11-21)24(34(28)32-26)25-18(3)16-17-36-25/h7-17,24H,5-6H2,1-4H3,(H,30,35)(H,29,31,32). The molecule has 3 heterocycles. The van der Waals surface area contributed by atoms with Crippen molar-refractivity contribution in [3.63, 3.8) is 0 Å². The first kappa shape index (κ1) is 23.8. The summed E-state index contributed by atoms with van der Waals surface area (Å²) < 4.78 is 1.85. The Morgan fingerprint density at radius 1 is 1.06 bits per heavy atom. The number of nitrogens with one attached hydrogen (secondary N) is 2. The van der Waals surface area contributed by atoms with Crippen LogP contribution in [0, 0.1) is 6.92 Å². The van der Waals surface area contributed by atoms with E-state index in [1.807, 2.05) is 41.9 Å². The molecule has 1 aliphatic rings. The molecule has 0 bridgehead atoms. The third-order valence-corrected chi connectivity index (χ3v) is 7.60. The SMILES string of the molecule is CCN(CC)c1ccc(-c2nc3n(n2)C(c2sccc2C)C(C(=O)Nc2ccccc2)=C(C)N3)cc1. The molecule has 1 atom stereocenters. The van der Waals surface area contributed by atoms with Crippen LogP contribution in [0.4, 0.5) is 17.3 Å². The molecule has 1 unspecified atom stereocenters. The molecule has 2 N–H and O–H groups in total. The summed E-state index contributed by atoms with van der Waals surface area (Å²) in [7, 11) is 0. The minimum Gasteiger partial charge on any atom is -0.372 e. The molecule has 8 heteroatoms. The average Bonchev–Trinajstić information content (AvgIpc) is 3.51. The van der Waals surface area contributed by atoms with E-state index in [4.69, 9.17) is 10.1 Å². The van der Waals surface area contributed by atoms with Gasteiger partial charge >= 0.3 is 0 Å². The second-order valence-corrected chi connectivity index (χ2v) is 9.72. The Labute approximate surface area is 215 Å².